The number of aromatic nitrogens is 2. The third-order valence-corrected chi connectivity index (χ3v) is 8.38. The number of quaternary nitrogens is 1. The number of aliphatic hydroxyl groups excluding tert-OH is 1. The molecule has 0 spiro atoms. The van der Waals surface area contributed by atoms with Crippen molar-refractivity contribution in [1.29, 1.82) is 0 Å². The number of aliphatic hydroxyl groups is 1. The molecular weight excluding hydrogens is 380 g/mol. The van der Waals surface area contributed by atoms with Gasteiger partial charge >= 0.3 is 5.97 Å². The number of allylic oxidation sites excluding steroid dienone is 1. The summed E-state index contributed by atoms with van der Waals surface area (Å²) >= 11 is 0. The molecule has 2 aliphatic heterocycles. The zero-order chi connectivity index (χ0) is 20.9. The largest absolute Gasteiger partial charge is 0.461 e. The van der Waals surface area contributed by atoms with Crippen molar-refractivity contribution in [2.75, 3.05) is 37.6 Å². The van der Waals surface area contributed by atoms with Gasteiger partial charge < -0.3 is 19.6 Å². The maximum Gasteiger partial charge on any atom is 0.315 e. The van der Waals surface area contributed by atoms with Crippen molar-refractivity contribution in [3.63, 3.8) is 0 Å². The SMILES string of the molecule is C[C@H]1CCC=C2C[C@H]3OC(=O)[C@H](C[NH+]4CCN(c5ncccn5)CC4)[C@H]3[C@@H](O)[C@@]21C. The van der Waals surface area contributed by atoms with E-state index in [-0.39, 0.29) is 29.3 Å². The number of nitrogens with one attached hydrogen (secondary N) is 1. The van der Waals surface area contributed by atoms with Crippen molar-refractivity contribution < 1.29 is 19.5 Å². The van der Waals surface area contributed by atoms with Crippen LogP contribution in [0.1, 0.15) is 33.1 Å². The summed E-state index contributed by atoms with van der Waals surface area (Å²) in [4.78, 5) is 25.2. The second-order valence-corrected chi connectivity index (χ2v) is 9.79. The van der Waals surface area contributed by atoms with Crippen molar-refractivity contribution in [2.45, 2.75) is 45.3 Å². The molecule has 0 amide bonds. The van der Waals surface area contributed by atoms with Crippen LogP contribution in [0.3, 0.4) is 0 Å². The van der Waals surface area contributed by atoms with Crippen LogP contribution in [0.5, 0.6) is 0 Å². The number of carbonyl (C=O) groups is 1. The summed E-state index contributed by atoms with van der Waals surface area (Å²) in [6, 6.07) is 1.83. The number of nitrogens with zero attached hydrogens (tertiary/aromatic N) is 3. The van der Waals surface area contributed by atoms with Gasteiger partial charge in [0.25, 0.3) is 0 Å². The van der Waals surface area contributed by atoms with E-state index in [4.69, 9.17) is 4.74 Å². The number of esters is 1. The molecule has 0 aromatic carbocycles. The first kappa shape index (κ1) is 19.9. The Balaban J connectivity index is 1.28. The number of anilines is 1. The minimum Gasteiger partial charge on any atom is -0.461 e. The van der Waals surface area contributed by atoms with Crippen LogP contribution in [0.25, 0.3) is 0 Å². The van der Waals surface area contributed by atoms with E-state index in [9.17, 15) is 9.90 Å². The topological polar surface area (TPSA) is 80.0 Å². The lowest BCUT2D eigenvalue weighted by Gasteiger charge is -2.51. The number of hydrogen-bond acceptors (Lipinski definition) is 6. The highest BCUT2D eigenvalue weighted by atomic mass is 16.6. The predicted molar refractivity (Wildman–Crippen MR) is 112 cm³/mol. The van der Waals surface area contributed by atoms with Crippen molar-refractivity contribution in [1.82, 2.24) is 9.97 Å². The molecule has 0 unspecified atom stereocenters. The summed E-state index contributed by atoms with van der Waals surface area (Å²) in [5.74, 6) is 0.778. The van der Waals surface area contributed by atoms with Crippen LogP contribution < -0.4 is 9.80 Å². The fourth-order valence-electron chi connectivity index (χ4n) is 6.29. The quantitative estimate of drug-likeness (QED) is 0.554. The monoisotopic (exact) mass is 413 g/mol. The second-order valence-electron chi connectivity index (χ2n) is 9.79. The Kier molecular flexibility index (Phi) is 5.06. The van der Waals surface area contributed by atoms with Gasteiger partial charge in [0.15, 0.2) is 0 Å². The Hall–Kier alpha value is -1.99. The summed E-state index contributed by atoms with van der Waals surface area (Å²) in [6.07, 6.45) is 8.10. The van der Waals surface area contributed by atoms with Crippen LogP contribution in [0.15, 0.2) is 30.1 Å². The third-order valence-electron chi connectivity index (χ3n) is 8.38. The summed E-state index contributed by atoms with van der Waals surface area (Å²) in [5.41, 5.74) is 1.07. The van der Waals surface area contributed by atoms with Crippen molar-refractivity contribution in [2.24, 2.45) is 23.2 Å². The Bertz CT molecular complexity index is 823. The first-order chi connectivity index (χ1) is 14.5. The molecule has 7 heteroatoms. The van der Waals surface area contributed by atoms with Gasteiger partial charge in [0.05, 0.1) is 38.8 Å². The Morgan fingerprint density at radius 1 is 1.30 bits per heavy atom. The van der Waals surface area contributed by atoms with E-state index in [2.05, 4.69) is 34.8 Å². The van der Waals surface area contributed by atoms with E-state index in [0.717, 1.165) is 57.9 Å². The molecule has 162 valence electrons. The zero-order valence-corrected chi connectivity index (χ0v) is 18.0. The van der Waals surface area contributed by atoms with Crippen LogP contribution in [-0.4, -0.2) is 66.0 Å². The van der Waals surface area contributed by atoms with Crippen molar-refractivity contribution >= 4 is 11.9 Å². The number of carbonyl (C=O) groups excluding carboxylic acids is 1. The standard InChI is InChI=1S/C23H32N4O3/c1-15-5-3-6-16-13-18-19(20(28)23(15,16)2)17(21(29)30-18)14-26-9-11-27(12-10-26)22-24-7-4-8-25-22/h4,6-8,15,17-20,28H,3,5,9-14H2,1-2H3/p+1/t15-,17+,18+,19+,20+,23+/m0/s1. The number of rotatable bonds is 3. The number of ether oxygens (including phenoxy) is 1. The Labute approximate surface area is 178 Å². The summed E-state index contributed by atoms with van der Waals surface area (Å²) in [5, 5.41) is 11.5. The second kappa shape index (κ2) is 7.61. The maximum absolute atomic E-state index is 12.8. The van der Waals surface area contributed by atoms with E-state index >= 15 is 0 Å². The van der Waals surface area contributed by atoms with Gasteiger partial charge in [0, 0.05) is 30.1 Å². The van der Waals surface area contributed by atoms with Crippen LogP contribution in [0, 0.1) is 23.2 Å². The van der Waals surface area contributed by atoms with Gasteiger partial charge in [-0.25, -0.2) is 9.97 Å². The van der Waals surface area contributed by atoms with Gasteiger partial charge in [0.2, 0.25) is 5.95 Å². The average molecular weight is 414 g/mol. The highest BCUT2D eigenvalue weighted by molar-refractivity contribution is 5.76. The lowest BCUT2D eigenvalue weighted by molar-refractivity contribution is -0.903. The first-order valence-electron chi connectivity index (χ1n) is 11.4. The summed E-state index contributed by atoms with van der Waals surface area (Å²) < 4.78 is 5.83. The molecule has 4 aliphatic rings. The molecule has 30 heavy (non-hydrogen) atoms. The smallest absolute Gasteiger partial charge is 0.315 e. The van der Waals surface area contributed by atoms with E-state index in [1.165, 1.54) is 10.5 Å². The predicted octanol–water partition coefficient (Wildman–Crippen LogP) is 0.467. The first-order valence-corrected chi connectivity index (χ1v) is 11.4. The number of fused-ring (bicyclic) bond motifs is 2. The molecule has 5 rings (SSSR count). The summed E-state index contributed by atoms with van der Waals surface area (Å²) in [7, 11) is 0. The van der Waals surface area contributed by atoms with Crippen molar-refractivity contribution in [3.8, 4) is 0 Å². The fraction of sp³-hybridized carbons (Fsp3) is 0.696. The molecular formula is C23H33N4O3+. The van der Waals surface area contributed by atoms with E-state index in [0.29, 0.717) is 5.92 Å². The van der Waals surface area contributed by atoms with E-state index < -0.39 is 6.10 Å². The molecule has 1 aromatic heterocycles. The Morgan fingerprint density at radius 2 is 2.03 bits per heavy atom. The number of piperazine rings is 1. The van der Waals surface area contributed by atoms with E-state index in [1.54, 1.807) is 12.4 Å². The molecule has 0 radical (unpaired) electrons. The highest BCUT2D eigenvalue weighted by Crippen LogP contribution is 2.55. The lowest BCUT2D eigenvalue weighted by atomic mass is 9.55. The van der Waals surface area contributed by atoms with Gasteiger partial charge in [-0.05, 0) is 24.8 Å². The molecule has 0 bridgehead atoms. The highest BCUT2D eigenvalue weighted by Gasteiger charge is 2.60. The minimum absolute atomic E-state index is 0.0943. The van der Waals surface area contributed by atoms with Crippen LogP contribution >= 0.6 is 0 Å². The normalized spacial score (nSPS) is 39.2. The molecule has 1 saturated carbocycles. The molecule has 2 saturated heterocycles. The molecule has 3 fully saturated rings. The van der Waals surface area contributed by atoms with Crippen LogP contribution in [0.4, 0.5) is 5.95 Å². The van der Waals surface area contributed by atoms with Gasteiger partial charge in [0.1, 0.15) is 12.0 Å². The molecule has 7 nitrogen and oxygen atoms in total. The fourth-order valence-corrected chi connectivity index (χ4v) is 6.29. The molecule has 3 heterocycles. The molecule has 2 aliphatic carbocycles. The molecule has 1 aromatic rings. The minimum atomic E-state index is -0.521. The van der Waals surface area contributed by atoms with Gasteiger partial charge in [-0.2, -0.15) is 0 Å². The van der Waals surface area contributed by atoms with Gasteiger partial charge in [-0.3, -0.25) is 4.79 Å². The van der Waals surface area contributed by atoms with Crippen LogP contribution in [-0.2, 0) is 9.53 Å². The third kappa shape index (κ3) is 3.14. The lowest BCUT2D eigenvalue weighted by Crippen LogP contribution is -3.15. The zero-order valence-electron chi connectivity index (χ0n) is 18.0. The van der Waals surface area contributed by atoms with Gasteiger partial charge in [-0.1, -0.05) is 25.5 Å². The molecule has 6 atom stereocenters. The average Bonchev–Trinajstić information content (AvgIpc) is 3.07. The van der Waals surface area contributed by atoms with Gasteiger partial charge in [-0.15, -0.1) is 0 Å². The van der Waals surface area contributed by atoms with E-state index in [1.807, 2.05) is 6.07 Å². The van der Waals surface area contributed by atoms with Crippen molar-refractivity contribution in [3.05, 3.63) is 30.1 Å². The Morgan fingerprint density at radius 3 is 2.77 bits per heavy atom. The molecule has 2 N–H and O–H groups in total. The number of hydrogen-bond donors (Lipinski definition) is 2. The maximum atomic E-state index is 12.8. The van der Waals surface area contributed by atoms with Crippen LogP contribution in [0.2, 0.25) is 0 Å². The summed E-state index contributed by atoms with van der Waals surface area (Å²) in [6.45, 7) is 8.82.